The Morgan fingerprint density at radius 3 is 2.39 bits per heavy atom. The van der Waals surface area contributed by atoms with E-state index >= 15 is 0 Å². The first-order chi connectivity index (χ1) is 14.6. The number of methoxy groups -OCH3 is 1. The second-order valence-electron chi connectivity index (χ2n) is 6.46. The van der Waals surface area contributed by atoms with Crippen LogP contribution in [0.3, 0.4) is 0 Å². The van der Waals surface area contributed by atoms with Crippen molar-refractivity contribution in [3.05, 3.63) is 52.5 Å². The first kappa shape index (κ1) is 23.3. The minimum atomic E-state index is -3.80. The standard InChI is InChI=1S/C19H18Cl2N4O4S2/c1-11(25(31(3,27)28)13-6-9-15(20)16(21)10-13)17(26)22-19-24-23-18(30-19)12-4-7-14(29-2)8-5-12/h4-11H,1-3H3,(H,22,24,26)/t11-/m0/s1. The number of aromatic nitrogens is 2. The monoisotopic (exact) mass is 500 g/mol. The summed E-state index contributed by atoms with van der Waals surface area (Å²) in [6.45, 7) is 1.46. The lowest BCUT2D eigenvalue weighted by Gasteiger charge is -2.28. The Morgan fingerprint density at radius 1 is 1.13 bits per heavy atom. The average molecular weight is 501 g/mol. The lowest BCUT2D eigenvalue weighted by Crippen LogP contribution is -2.45. The Bertz CT molecular complexity index is 1200. The number of rotatable bonds is 7. The molecule has 12 heteroatoms. The van der Waals surface area contributed by atoms with Crippen LogP contribution in [0.25, 0.3) is 10.6 Å². The third kappa shape index (κ3) is 5.45. The molecule has 1 amide bonds. The molecule has 3 rings (SSSR count). The van der Waals surface area contributed by atoms with Gasteiger partial charge in [0.15, 0.2) is 0 Å². The normalized spacial score (nSPS) is 12.3. The molecule has 1 aromatic heterocycles. The summed E-state index contributed by atoms with van der Waals surface area (Å²) in [6.07, 6.45) is 1.01. The van der Waals surface area contributed by atoms with Gasteiger partial charge in [-0.3, -0.25) is 14.4 Å². The highest BCUT2D eigenvalue weighted by molar-refractivity contribution is 7.92. The molecular weight excluding hydrogens is 483 g/mol. The zero-order chi connectivity index (χ0) is 22.8. The van der Waals surface area contributed by atoms with Crippen molar-refractivity contribution in [3.8, 4) is 16.3 Å². The summed E-state index contributed by atoms with van der Waals surface area (Å²) in [5.41, 5.74) is 1.02. The van der Waals surface area contributed by atoms with E-state index in [0.717, 1.165) is 27.5 Å². The van der Waals surface area contributed by atoms with Crippen molar-refractivity contribution in [1.82, 2.24) is 10.2 Å². The molecule has 0 bridgehead atoms. The average Bonchev–Trinajstić information content (AvgIpc) is 3.18. The summed E-state index contributed by atoms with van der Waals surface area (Å²) >= 11 is 13.1. The number of carbonyl (C=O) groups is 1. The molecule has 1 heterocycles. The van der Waals surface area contributed by atoms with Crippen LogP contribution >= 0.6 is 34.5 Å². The molecule has 0 aliphatic carbocycles. The number of amides is 1. The Balaban J connectivity index is 1.81. The molecule has 0 saturated carbocycles. The van der Waals surface area contributed by atoms with Crippen LogP contribution in [0.15, 0.2) is 42.5 Å². The molecule has 8 nitrogen and oxygen atoms in total. The van der Waals surface area contributed by atoms with Crippen molar-refractivity contribution < 1.29 is 17.9 Å². The van der Waals surface area contributed by atoms with Gasteiger partial charge in [-0.15, -0.1) is 10.2 Å². The van der Waals surface area contributed by atoms with E-state index in [1.807, 2.05) is 12.1 Å². The Morgan fingerprint density at radius 2 is 1.81 bits per heavy atom. The number of benzene rings is 2. The van der Waals surface area contributed by atoms with E-state index in [0.29, 0.717) is 10.8 Å². The first-order valence-electron chi connectivity index (χ1n) is 8.83. The van der Waals surface area contributed by atoms with Gasteiger partial charge in [0.25, 0.3) is 0 Å². The summed E-state index contributed by atoms with van der Waals surface area (Å²) in [7, 11) is -2.23. The van der Waals surface area contributed by atoms with Crippen LogP contribution in [0.4, 0.5) is 10.8 Å². The van der Waals surface area contributed by atoms with E-state index in [2.05, 4.69) is 15.5 Å². The molecule has 1 atom stereocenters. The van der Waals surface area contributed by atoms with E-state index in [4.69, 9.17) is 27.9 Å². The van der Waals surface area contributed by atoms with Crippen LogP contribution in [0, 0.1) is 0 Å². The molecule has 0 unspecified atom stereocenters. The molecule has 1 N–H and O–H groups in total. The van der Waals surface area contributed by atoms with Crippen molar-refractivity contribution >= 4 is 61.3 Å². The summed E-state index contributed by atoms with van der Waals surface area (Å²) in [5, 5.41) is 12.0. The predicted molar refractivity (Wildman–Crippen MR) is 124 cm³/mol. The van der Waals surface area contributed by atoms with Crippen LogP contribution in [0.2, 0.25) is 10.0 Å². The summed E-state index contributed by atoms with van der Waals surface area (Å²) < 4.78 is 30.9. The fraction of sp³-hybridized carbons (Fsp3) is 0.211. The van der Waals surface area contributed by atoms with Crippen LogP contribution in [-0.2, 0) is 14.8 Å². The second kappa shape index (κ2) is 9.39. The Labute approximate surface area is 193 Å². The van der Waals surface area contributed by atoms with Crippen molar-refractivity contribution in [2.75, 3.05) is 23.0 Å². The highest BCUT2D eigenvalue weighted by atomic mass is 35.5. The number of anilines is 2. The molecule has 0 fully saturated rings. The van der Waals surface area contributed by atoms with Gasteiger partial charge in [0.2, 0.25) is 21.1 Å². The number of ether oxygens (including phenoxy) is 1. The lowest BCUT2D eigenvalue weighted by molar-refractivity contribution is -0.116. The van der Waals surface area contributed by atoms with Crippen LogP contribution in [0.1, 0.15) is 6.92 Å². The van der Waals surface area contributed by atoms with Crippen molar-refractivity contribution in [1.29, 1.82) is 0 Å². The molecule has 0 aliphatic rings. The SMILES string of the molecule is COc1ccc(-c2nnc(NC(=O)[C@H](C)N(c3ccc(Cl)c(Cl)c3)S(C)(=O)=O)s2)cc1. The van der Waals surface area contributed by atoms with Crippen LogP contribution in [-0.4, -0.2) is 43.9 Å². The third-order valence-electron chi connectivity index (χ3n) is 4.24. The van der Waals surface area contributed by atoms with Crippen LogP contribution in [0.5, 0.6) is 5.75 Å². The molecule has 31 heavy (non-hydrogen) atoms. The fourth-order valence-electron chi connectivity index (χ4n) is 2.76. The molecule has 2 aromatic carbocycles. The van der Waals surface area contributed by atoms with Gasteiger partial charge >= 0.3 is 0 Å². The smallest absolute Gasteiger partial charge is 0.249 e. The maximum Gasteiger partial charge on any atom is 0.249 e. The van der Waals surface area contributed by atoms with Crippen LogP contribution < -0.4 is 14.4 Å². The minimum Gasteiger partial charge on any atom is -0.497 e. The van der Waals surface area contributed by atoms with Gasteiger partial charge in [-0.25, -0.2) is 8.42 Å². The summed E-state index contributed by atoms with van der Waals surface area (Å²) in [4.78, 5) is 12.8. The predicted octanol–water partition coefficient (Wildman–Crippen LogP) is 4.31. The molecular formula is C19H18Cl2N4O4S2. The fourth-order valence-corrected chi connectivity index (χ4v) is 4.98. The van der Waals surface area contributed by atoms with E-state index in [-0.39, 0.29) is 20.9 Å². The maximum absolute atomic E-state index is 12.8. The number of sulfonamides is 1. The van der Waals surface area contributed by atoms with Gasteiger partial charge in [-0.2, -0.15) is 0 Å². The number of nitrogens with one attached hydrogen (secondary N) is 1. The quantitative estimate of drug-likeness (QED) is 0.518. The van der Waals surface area contributed by atoms with E-state index in [9.17, 15) is 13.2 Å². The van der Waals surface area contributed by atoms with Crippen molar-refractivity contribution in [2.24, 2.45) is 0 Å². The largest absolute Gasteiger partial charge is 0.497 e. The number of hydrogen-bond acceptors (Lipinski definition) is 7. The van der Waals surface area contributed by atoms with Gasteiger partial charge < -0.3 is 4.74 Å². The Hall–Kier alpha value is -2.40. The molecule has 0 saturated heterocycles. The maximum atomic E-state index is 12.8. The summed E-state index contributed by atoms with van der Waals surface area (Å²) in [6, 6.07) is 10.5. The van der Waals surface area contributed by atoms with Gasteiger partial charge in [-0.1, -0.05) is 34.5 Å². The van der Waals surface area contributed by atoms with Crippen molar-refractivity contribution in [3.63, 3.8) is 0 Å². The number of halogens is 2. The topological polar surface area (TPSA) is 101 Å². The minimum absolute atomic E-state index is 0.175. The van der Waals surface area contributed by atoms with Gasteiger partial charge in [0.05, 0.1) is 29.1 Å². The molecule has 0 aliphatic heterocycles. The van der Waals surface area contributed by atoms with Gasteiger partial charge in [-0.05, 0) is 49.4 Å². The molecule has 0 spiro atoms. The van der Waals surface area contributed by atoms with E-state index in [1.54, 1.807) is 19.2 Å². The summed E-state index contributed by atoms with van der Waals surface area (Å²) in [5.74, 6) is 0.132. The molecule has 3 aromatic rings. The third-order valence-corrected chi connectivity index (χ3v) is 7.11. The molecule has 0 radical (unpaired) electrons. The molecule has 164 valence electrons. The van der Waals surface area contributed by atoms with Gasteiger partial charge in [0.1, 0.15) is 16.8 Å². The zero-order valence-electron chi connectivity index (χ0n) is 16.7. The first-order valence-corrected chi connectivity index (χ1v) is 12.3. The second-order valence-corrected chi connectivity index (χ2v) is 10.1. The highest BCUT2D eigenvalue weighted by Crippen LogP contribution is 2.31. The Kier molecular flexibility index (Phi) is 7.05. The van der Waals surface area contributed by atoms with E-state index < -0.39 is 22.0 Å². The van der Waals surface area contributed by atoms with Gasteiger partial charge in [0, 0.05) is 5.56 Å². The number of hydrogen-bond donors (Lipinski definition) is 1. The number of carbonyl (C=O) groups excluding carboxylic acids is 1. The zero-order valence-corrected chi connectivity index (χ0v) is 19.8. The van der Waals surface area contributed by atoms with Crippen molar-refractivity contribution in [2.45, 2.75) is 13.0 Å². The highest BCUT2D eigenvalue weighted by Gasteiger charge is 2.30. The lowest BCUT2D eigenvalue weighted by atomic mass is 10.2. The van der Waals surface area contributed by atoms with E-state index in [1.165, 1.54) is 25.1 Å². The number of nitrogens with zero attached hydrogens (tertiary/aromatic N) is 3.